The van der Waals surface area contributed by atoms with Crippen LogP contribution in [0.1, 0.15) is 29.8 Å². The summed E-state index contributed by atoms with van der Waals surface area (Å²) in [4.78, 5) is 12.7. The summed E-state index contributed by atoms with van der Waals surface area (Å²) in [7, 11) is -2.46. The molecule has 3 aromatic rings. The molecule has 158 valence electrons. The number of anilines is 1. The number of aromatic nitrogens is 2. The lowest BCUT2D eigenvalue weighted by Crippen LogP contribution is -2.30. The minimum Gasteiger partial charge on any atom is -0.495 e. The van der Waals surface area contributed by atoms with Gasteiger partial charge in [-0.25, -0.2) is 17.8 Å². The summed E-state index contributed by atoms with van der Waals surface area (Å²) in [6.07, 6.45) is 1.59. The second-order valence-corrected chi connectivity index (χ2v) is 8.64. The molecule has 0 atom stereocenters. The fraction of sp³-hybridized carbons (Fsp3) is 0.238. The van der Waals surface area contributed by atoms with Gasteiger partial charge in [0.2, 0.25) is 10.0 Å². The van der Waals surface area contributed by atoms with Crippen LogP contribution in [0.15, 0.2) is 65.7 Å². The van der Waals surface area contributed by atoms with E-state index in [0.717, 1.165) is 5.56 Å². The van der Waals surface area contributed by atoms with Gasteiger partial charge in [-0.1, -0.05) is 30.3 Å². The zero-order chi connectivity index (χ0) is 21.7. The summed E-state index contributed by atoms with van der Waals surface area (Å²) in [6, 6.07) is 15.4. The highest BCUT2D eigenvalue weighted by Gasteiger charge is 2.23. The van der Waals surface area contributed by atoms with E-state index < -0.39 is 15.9 Å². The molecule has 9 heteroatoms. The average Bonchev–Trinajstić information content (AvgIpc) is 3.13. The van der Waals surface area contributed by atoms with Crippen LogP contribution in [-0.4, -0.2) is 37.3 Å². The Hall–Kier alpha value is -3.17. The van der Waals surface area contributed by atoms with Gasteiger partial charge in [0.15, 0.2) is 0 Å². The summed E-state index contributed by atoms with van der Waals surface area (Å²) in [5.41, 5.74) is 1.22. The third-order valence-corrected chi connectivity index (χ3v) is 5.92. The van der Waals surface area contributed by atoms with Crippen molar-refractivity contribution in [3.63, 3.8) is 0 Å². The Balaban J connectivity index is 1.85. The van der Waals surface area contributed by atoms with E-state index in [1.54, 1.807) is 30.8 Å². The van der Waals surface area contributed by atoms with Gasteiger partial charge in [-0.3, -0.25) is 4.79 Å². The van der Waals surface area contributed by atoms with Crippen molar-refractivity contribution in [3.05, 3.63) is 71.9 Å². The highest BCUT2D eigenvalue weighted by molar-refractivity contribution is 7.89. The SMILES string of the molecule is COc1ccc(C(=O)Nc2ccnn2Cc2ccccc2)cc1S(=O)(=O)NC(C)C. The smallest absolute Gasteiger partial charge is 0.256 e. The van der Waals surface area contributed by atoms with E-state index in [0.29, 0.717) is 12.4 Å². The number of rotatable bonds is 8. The van der Waals surface area contributed by atoms with Crippen molar-refractivity contribution in [2.45, 2.75) is 31.3 Å². The molecule has 0 aliphatic heterocycles. The molecular formula is C21H24N4O4S. The molecule has 1 aromatic heterocycles. The molecule has 0 unspecified atom stereocenters. The fourth-order valence-electron chi connectivity index (χ4n) is 2.91. The average molecular weight is 429 g/mol. The Morgan fingerprint density at radius 2 is 1.87 bits per heavy atom. The Bertz CT molecular complexity index is 1120. The van der Waals surface area contributed by atoms with Crippen molar-refractivity contribution in [3.8, 4) is 5.75 Å². The van der Waals surface area contributed by atoms with Gasteiger partial charge in [0.05, 0.1) is 19.9 Å². The van der Waals surface area contributed by atoms with Crippen molar-refractivity contribution in [2.75, 3.05) is 12.4 Å². The van der Waals surface area contributed by atoms with Crippen molar-refractivity contribution < 1.29 is 17.9 Å². The minimum atomic E-state index is -3.84. The van der Waals surface area contributed by atoms with E-state index >= 15 is 0 Å². The summed E-state index contributed by atoms with van der Waals surface area (Å²) < 4.78 is 34.6. The van der Waals surface area contributed by atoms with Crippen LogP contribution >= 0.6 is 0 Å². The largest absolute Gasteiger partial charge is 0.495 e. The Morgan fingerprint density at radius 3 is 2.53 bits per heavy atom. The van der Waals surface area contributed by atoms with Crippen LogP contribution in [0.3, 0.4) is 0 Å². The second kappa shape index (κ2) is 9.10. The molecule has 1 heterocycles. The Labute approximate surface area is 175 Å². The monoisotopic (exact) mass is 428 g/mol. The predicted molar refractivity (Wildman–Crippen MR) is 114 cm³/mol. The molecule has 0 bridgehead atoms. The number of nitrogens with zero attached hydrogens (tertiary/aromatic N) is 2. The van der Waals surface area contributed by atoms with E-state index in [1.807, 2.05) is 30.3 Å². The van der Waals surface area contributed by atoms with E-state index in [-0.39, 0.29) is 22.3 Å². The highest BCUT2D eigenvalue weighted by Crippen LogP contribution is 2.25. The van der Waals surface area contributed by atoms with Gasteiger partial charge < -0.3 is 10.1 Å². The highest BCUT2D eigenvalue weighted by atomic mass is 32.2. The number of amides is 1. The van der Waals surface area contributed by atoms with Gasteiger partial charge in [-0.15, -0.1) is 0 Å². The minimum absolute atomic E-state index is 0.0934. The Morgan fingerprint density at radius 1 is 1.13 bits per heavy atom. The van der Waals surface area contributed by atoms with Crippen LogP contribution in [-0.2, 0) is 16.6 Å². The molecule has 1 amide bonds. The number of benzene rings is 2. The summed E-state index contributed by atoms with van der Waals surface area (Å²) in [5.74, 6) is 0.215. The number of nitrogens with one attached hydrogen (secondary N) is 2. The van der Waals surface area contributed by atoms with Crippen molar-refractivity contribution in [2.24, 2.45) is 0 Å². The molecule has 8 nitrogen and oxygen atoms in total. The molecule has 0 saturated carbocycles. The normalized spacial score (nSPS) is 11.5. The van der Waals surface area contributed by atoms with Crippen LogP contribution in [0.5, 0.6) is 5.75 Å². The molecular weight excluding hydrogens is 404 g/mol. The number of hydrogen-bond acceptors (Lipinski definition) is 5. The number of hydrogen-bond donors (Lipinski definition) is 2. The third kappa shape index (κ3) is 5.05. The van der Waals surface area contributed by atoms with Gasteiger partial charge in [0.25, 0.3) is 5.91 Å². The van der Waals surface area contributed by atoms with Gasteiger partial charge in [0.1, 0.15) is 16.5 Å². The Kier molecular flexibility index (Phi) is 6.53. The number of carbonyl (C=O) groups is 1. The molecule has 0 spiro atoms. The number of carbonyl (C=O) groups excluding carboxylic acids is 1. The molecule has 0 saturated heterocycles. The molecule has 2 aromatic carbocycles. The number of sulfonamides is 1. The van der Waals surface area contributed by atoms with Crippen LogP contribution in [0.4, 0.5) is 5.82 Å². The molecule has 3 rings (SSSR count). The fourth-order valence-corrected chi connectivity index (χ4v) is 4.36. The first-order chi connectivity index (χ1) is 14.3. The lowest BCUT2D eigenvalue weighted by Gasteiger charge is -2.14. The number of methoxy groups -OCH3 is 1. The number of ether oxygens (including phenoxy) is 1. The van der Waals surface area contributed by atoms with Crippen molar-refractivity contribution >= 4 is 21.7 Å². The molecule has 30 heavy (non-hydrogen) atoms. The molecule has 0 radical (unpaired) electrons. The molecule has 0 aliphatic carbocycles. The lowest BCUT2D eigenvalue weighted by molar-refractivity contribution is 0.102. The van der Waals surface area contributed by atoms with Crippen LogP contribution in [0.2, 0.25) is 0 Å². The standard InChI is InChI=1S/C21H24N4O4S/c1-15(2)24-30(27,28)19-13-17(9-10-18(19)29-3)21(26)23-20-11-12-22-25(20)14-16-7-5-4-6-8-16/h4-13,15,24H,14H2,1-3H3,(H,23,26). The van der Waals surface area contributed by atoms with Crippen LogP contribution in [0, 0.1) is 0 Å². The van der Waals surface area contributed by atoms with Crippen LogP contribution < -0.4 is 14.8 Å². The van der Waals surface area contributed by atoms with Gasteiger partial charge in [-0.2, -0.15) is 5.10 Å². The van der Waals surface area contributed by atoms with E-state index in [4.69, 9.17) is 4.74 Å². The lowest BCUT2D eigenvalue weighted by atomic mass is 10.2. The molecule has 0 aliphatic rings. The third-order valence-electron chi connectivity index (χ3n) is 4.24. The van der Waals surface area contributed by atoms with Gasteiger partial charge >= 0.3 is 0 Å². The first-order valence-corrected chi connectivity index (χ1v) is 10.9. The first-order valence-electron chi connectivity index (χ1n) is 9.37. The maximum atomic E-state index is 12.8. The van der Waals surface area contributed by atoms with Gasteiger partial charge in [0, 0.05) is 17.7 Å². The van der Waals surface area contributed by atoms with Crippen LogP contribution in [0.25, 0.3) is 0 Å². The van der Waals surface area contributed by atoms with E-state index in [1.165, 1.54) is 25.3 Å². The van der Waals surface area contributed by atoms with E-state index in [2.05, 4.69) is 15.1 Å². The van der Waals surface area contributed by atoms with Crippen molar-refractivity contribution in [1.82, 2.24) is 14.5 Å². The summed E-state index contributed by atoms with van der Waals surface area (Å²) in [6.45, 7) is 3.92. The van der Waals surface area contributed by atoms with E-state index in [9.17, 15) is 13.2 Å². The zero-order valence-electron chi connectivity index (χ0n) is 17.0. The predicted octanol–water partition coefficient (Wildman–Crippen LogP) is 2.88. The summed E-state index contributed by atoms with van der Waals surface area (Å²) >= 11 is 0. The topological polar surface area (TPSA) is 102 Å². The maximum absolute atomic E-state index is 12.8. The maximum Gasteiger partial charge on any atom is 0.256 e. The molecule has 0 fully saturated rings. The van der Waals surface area contributed by atoms with Crippen molar-refractivity contribution in [1.29, 1.82) is 0 Å². The second-order valence-electron chi connectivity index (χ2n) is 6.96. The molecule has 2 N–H and O–H groups in total. The quantitative estimate of drug-likeness (QED) is 0.574. The van der Waals surface area contributed by atoms with Gasteiger partial charge in [-0.05, 0) is 37.6 Å². The first kappa shape index (κ1) is 21.5. The zero-order valence-corrected chi connectivity index (χ0v) is 17.8. The summed E-state index contributed by atoms with van der Waals surface area (Å²) in [5, 5.41) is 7.04.